The highest BCUT2D eigenvalue weighted by Crippen LogP contribution is 2.35. The van der Waals surface area contributed by atoms with Crippen LogP contribution in [0.5, 0.6) is 0 Å². The predicted octanol–water partition coefficient (Wildman–Crippen LogP) is 0.966. The molecule has 1 saturated carbocycles. The number of ether oxygens (including phenoxy) is 1. The Balaban J connectivity index is 2.03. The second kappa shape index (κ2) is 2.62. The molecule has 3 fully saturated rings. The maximum absolute atomic E-state index is 10.5. The van der Waals surface area contributed by atoms with Gasteiger partial charge in [0, 0.05) is 0 Å². The third-order valence-electron chi connectivity index (χ3n) is 2.86. The highest BCUT2D eigenvalue weighted by atomic mass is 16.5. The Morgan fingerprint density at radius 1 is 1.50 bits per heavy atom. The van der Waals surface area contributed by atoms with Crippen LogP contribution in [0.25, 0.3) is 0 Å². The quantitative estimate of drug-likeness (QED) is 0.618. The summed E-state index contributed by atoms with van der Waals surface area (Å²) in [6.45, 7) is 0.559. The molecule has 1 aliphatic carbocycles. The van der Waals surface area contributed by atoms with Crippen molar-refractivity contribution in [2.75, 3.05) is 6.61 Å². The van der Waals surface area contributed by atoms with Gasteiger partial charge in [-0.15, -0.1) is 0 Å². The molecule has 2 heterocycles. The first kappa shape index (κ1) is 7.86. The molecule has 0 unspecified atom stereocenters. The highest BCUT2D eigenvalue weighted by Gasteiger charge is 2.42. The second-order valence-electron chi connectivity index (χ2n) is 3.72. The summed E-state index contributed by atoms with van der Waals surface area (Å²) in [4.78, 5) is 10.5. The average molecular weight is 171 g/mol. The Bertz CT molecular complexity index is 183. The summed E-state index contributed by atoms with van der Waals surface area (Å²) >= 11 is 0. The lowest BCUT2D eigenvalue weighted by Gasteiger charge is -2.45. The molecule has 2 bridgehead atoms. The lowest BCUT2D eigenvalue weighted by Crippen LogP contribution is -2.58. The largest absolute Gasteiger partial charge is 0.465 e. The number of fused-ring (bicyclic) bond motifs is 3. The van der Waals surface area contributed by atoms with Gasteiger partial charge in [-0.1, -0.05) is 0 Å². The minimum absolute atomic E-state index is 0.263. The van der Waals surface area contributed by atoms with Crippen molar-refractivity contribution < 1.29 is 14.6 Å². The molecule has 12 heavy (non-hydrogen) atoms. The smallest absolute Gasteiger partial charge is 0.405 e. The molecule has 0 atom stereocenters. The lowest BCUT2D eigenvalue weighted by molar-refractivity contribution is -0.0852. The number of hydrogen-bond donors (Lipinski definition) is 2. The maximum atomic E-state index is 10.5. The van der Waals surface area contributed by atoms with Crippen molar-refractivity contribution in [2.45, 2.75) is 37.3 Å². The second-order valence-corrected chi connectivity index (χ2v) is 3.72. The van der Waals surface area contributed by atoms with Gasteiger partial charge in [0.1, 0.15) is 0 Å². The van der Waals surface area contributed by atoms with Gasteiger partial charge in [0.15, 0.2) is 0 Å². The van der Waals surface area contributed by atoms with Gasteiger partial charge in [0.2, 0.25) is 0 Å². The van der Waals surface area contributed by atoms with Crippen LogP contribution < -0.4 is 5.32 Å². The Morgan fingerprint density at radius 2 is 2.17 bits per heavy atom. The number of hydrogen-bond acceptors (Lipinski definition) is 2. The van der Waals surface area contributed by atoms with Crippen LogP contribution in [0.3, 0.4) is 0 Å². The zero-order valence-corrected chi connectivity index (χ0v) is 6.88. The van der Waals surface area contributed by atoms with Gasteiger partial charge >= 0.3 is 6.09 Å². The SMILES string of the molecule is O=C(O)NC12CCC(CC1)OC2. The van der Waals surface area contributed by atoms with Crippen LogP contribution in [0, 0.1) is 0 Å². The number of carboxylic acid groups (broad SMARTS) is 1. The standard InChI is InChI=1S/C8H13NO3/c10-7(11)9-8-3-1-6(2-4-8)12-5-8/h6,9H,1-5H2,(H,10,11). The minimum Gasteiger partial charge on any atom is -0.465 e. The maximum Gasteiger partial charge on any atom is 0.405 e. The normalized spacial score (nSPS) is 39.5. The van der Waals surface area contributed by atoms with E-state index in [2.05, 4.69) is 5.32 Å². The van der Waals surface area contributed by atoms with E-state index < -0.39 is 6.09 Å². The van der Waals surface area contributed by atoms with E-state index in [1.54, 1.807) is 0 Å². The lowest BCUT2D eigenvalue weighted by atomic mass is 9.78. The van der Waals surface area contributed by atoms with Crippen LogP contribution in [0.1, 0.15) is 25.7 Å². The van der Waals surface area contributed by atoms with Crippen LogP contribution in [-0.2, 0) is 4.74 Å². The molecule has 1 amide bonds. The molecule has 0 aromatic rings. The van der Waals surface area contributed by atoms with Gasteiger partial charge in [-0.2, -0.15) is 0 Å². The van der Waals surface area contributed by atoms with E-state index in [-0.39, 0.29) is 5.54 Å². The molecule has 0 spiro atoms. The summed E-state index contributed by atoms with van der Waals surface area (Å²) in [6.07, 6.45) is 3.33. The topological polar surface area (TPSA) is 58.6 Å². The van der Waals surface area contributed by atoms with E-state index in [0.717, 1.165) is 25.7 Å². The molecular formula is C8H13NO3. The van der Waals surface area contributed by atoms with Gasteiger partial charge in [0.25, 0.3) is 0 Å². The third-order valence-corrected chi connectivity index (χ3v) is 2.86. The van der Waals surface area contributed by atoms with E-state index in [4.69, 9.17) is 9.84 Å². The monoisotopic (exact) mass is 171 g/mol. The Kier molecular flexibility index (Phi) is 1.72. The zero-order chi connectivity index (χ0) is 8.60. The molecule has 3 aliphatic rings. The number of carbonyl (C=O) groups is 1. The van der Waals surface area contributed by atoms with Crippen LogP contribution in [0.4, 0.5) is 4.79 Å². The summed E-state index contributed by atoms with van der Waals surface area (Å²) in [5.41, 5.74) is -0.263. The molecular weight excluding hydrogens is 158 g/mol. The molecule has 4 heteroatoms. The van der Waals surface area contributed by atoms with E-state index in [1.807, 2.05) is 0 Å². The summed E-state index contributed by atoms with van der Waals surface area (Å²) in [5, 5.41) is 11.2. The molecule has 0 aromatic heterocycles. The van der Waals surface area contributed by atoms with E-state index in [9.17, 15) is 4.79 Å². The first-order valence-corrected chi connectivity index (χ1v) is 4.33. The van der Waals surface area contributed by atoms with Crippen molar-refractivity contribution in [3.63, 3.8) is 0 Å². The Morgan fingerprint density at radius 3 is 2.58 bits per heavy atom. The van der Waals surface area contributed by atoms with E-state index in [1.165, 1.54) is 0 Å². The molecule has 0 aromatic carbocycles. The fourth-order valence-corrected chi connectivity index (χ4v) is 2.12. The summed E-state index contributed by atoms with van der Waals surface area (Å²) in [6, 6.07) is 0. The zero-order valence-electron chi connectivity index (χ0n) is 6.88. The van der Waals surface area contributed by atoms with Crippen molar-refractivity contribution >= 4 is 6.09 Å². The number of nitrogens with one attached hydrogen (secondary N) is 1. The predicted molar refractivity (Wildman–Crippen MR) is 42.1 cm³/mol. The highest BCUT2D eigenvalue weighted by molar-refractivity contribution is 5.65. The molecule has 2 N–H and O–H groups in total. The first-order valence-electron chi connectivity index (χ1n) is 4.33. The average Bonchev–Trinajstić information content (AvgIpc) is 2.05. The van der Waals surface area contributed by atoms with Gasteiger partial charge in [-0.3, -0.25) is 0 Å². The Hall–Kier alpha value is -0.770. The van der Waals surface area contributed by atoms with Crippen molar-refractivity contribution in [1.29, 1.82) is 0 Å². The molecule has 2 aliphatic heterocycles. The fourth-order valence-electron chi connectivity index (χ4n) is 2.12. The number of rotatable bonds is 1. The van der Waals surface area contributed by atoms with Crippen LogP contribution in [-0.4, -0.2) is 29.4 Å². The van der Waals surface area contributed by atoms with Gasteiger partial charge in [0.05, 0.1) is 18.2 Å². The number of amides is 1. The molecule has 2 saturated heterocycles. The summed E-state index contributed by atoms with van der Waals surface area (Å²) < 4.78 is 5.46. The fraction of sp³-hybridized carbons (Fsp3) is 0.875. The molecule has 68 valence electrons. The van der Waals surface area contributed by atoms with Gasteiger partial charge < -0.3 is 15.2 Å². The van der Waals surface area contributed by atoms with Crippen molar-refractivity contribution in [3.8, 4) is 0 Å². The van der Waals surface area contributed by atoms with E-state index >= 15 is 0 Å². The molecule has 4 nitrogen and oxygen atoms in total. The molecule has 0 radical (unpaired) electrons. The van der Waals surface area contributed by atoms with E-state index in [0.29, 0.717) is 12.7 Å². The van der Waals surface area contributed by atoms with Gasteiger partial charge in [-0.25, -0.2) is 4.79 Å². The molecule has 3 rings (SSSR count). The summed E-state index contributed by atoms with van der Waals surface area (Å²) in [5.74, 6) is 0. The van der Waals surface area contributed by atoms with Crippen LogP contribution >= 0.6 is 0 Å². The Labute approximate surface area is 70.9 Å². The van der Waals surface area contributed by atoms with Crippen LogP contribution in [0.15, 0.2) is 0 Å². The third kappa shape index (κ3) is 1.27. The summed E-state index contributed by atoms with van der Waals surface area (Å²) in [7, 11) is 0. The first-order chi connectivity index (χ1) is 5.70. The van der Waals surface area contributed by atoms with Crippen molar-refractivity contribution in [2.24, 2.45) is 0 Å². The van der Waals surface area contributed by atoms with Crippen LogP contribution in [0.2, 0.25) is 0 Å². The van der Waals surface area contributed by atoms with Crippen molar-refractivity contribution in [1.82, 2.24) is 5.32 Å². The minimum atomic E-state index is -0.932. The van der Waals surface area contributed by atoms with Crippen molar-refractivity contribution in [3.05, 3.63) is 0 Å². The van der Waals surface area contributed by atoms with Gasteiger partial charge in [-0.05, 0) is 25.7 Å².